The number of nitrogens with one attached hydrogen (secondary N) is 2. The van der Waals surface area contributed by atoms with Gasteiger partial charge in [0.05, 0.1) is 6.26 Å². The Hall–Kier alpha value is -1.78. The highest BCUT2D eigenvalue weighted by molar-refractivity contribution is 5.95. The van der Waals surface area contributed by atoms with E-state index in [9.17, 15) is 9.59 Å². The molecule has 1 rings (SSSR count). The summed E-state index contributed by atoms with van der Waals surface area (Å²) in [6.07, 6.45) is 1.41. The van der Waals surface area contributed by atoms with Crippen LogP contribution < -0.4 is 10.6 Å². The Morgan fingerprint density at radius 1 is 1.53 bits per heavy atom. The molecule has 0 aliphatic carbocycles. The maximum atomic E-state index is 11.4. The van der Waals surface area contributed by atoms with Gasteiger partial charge in [0, 0.05) is 6.54 Å². The molecule has 1 aromatic rings. The molecule has 15 heavy (non-hydrogen) atoms. The van der Waals surface area contributed by atoms with E-state index in [2.05, 4.69) is 10.6 Å². The lowest BCUT2D eigenvalue weighted by atomic mass is 10.3. The van der Waals surface area contributed by atoms with Crippen LogP contribution in [0.3, 0.4) is 0 Å². The van der Waals surface area contributed by atoms with Crippen LogP contribution in [0.4, 0.5) is 0 Å². The molecule has 0 saturated heterocycles. The second-order valence-corrected chi connectivity index (χ2v) is 3.07. The summed E-state index contributed by atoms with van der Waals surface area (Å²) in [5.41, 5.74) is 0. The third kappa shape index (κ3) is 3.12. The molecule has 0 unspecified atom stereocenters. The van der Waals surface area contributed by atoms with Gasteiger partial charge in [-0.15, -0.1) is 0 Å². The van der Waals surface area contributed by atoms with Crippen molar-refractivity contribution in [3.05, 3.63) is 24.2 Å². The van der Waals surface area contributed by atoms with Gasteiger partial charge >= 0.3 is 0 Å². The minimum atomic E-state index is -0.567. The van der Waals surface area contributed by atoms with E-state index in [0.717, 1.165) is 0 Å². The van der Waals surface area contributed by atoms with Gasteiger partial charge in [0.1, 0.15) is 6.04 Å². The maximum absolute atomic E-state index is 11.4. The fourth-order valence-electron chi connectivity index (χ4n) is 1.07. The molecule has 0 aliphatic rings. The maximum Gasteiger partial charge on any atom is 0.287 e. The van der Waals surface area contributed by atoms with Crippen molar-refractivity contribution in [2.24, 2.45) is 0 Å². The summed E-state index contributed by atoms with van der Waals surface area (Å²) >= 11 is 0. The first kappa shape index (κ1) is 11.3. The van der Waals surface area contributed by atoms with Crippen LogP contribution >= 0.6 is 0 Å². The van der Waals surface area contributed by atoms with Crippen molar-refractivity contribution in [3.8, 4) is 0 Å². The third-order valence-electron chi connectivity index (χ3n) is 1.84. The fourth-order valence-corrected chi connectivity index (χ4v) is 1.07. The van der Waals surface area contributed by atoms with E-state index in [1.54, 1.807) is 19.1 Å². The van der Waals surface area contributed by atoms with Crippen LogP contribution in [0.5, 0.6) is 0 Å². The van der Waals surface area contributed by atoms with Crippen molar-refractivity contribution in [1.29, 1.82) is 0 Å². The predicted molar refractivity (Wildman–Crippen MR) is 54.3 cm³/mol. The van der Waals surface area contributed by atoms with E-state index in [-0.39, 0.29) is 11.7 Å². The predicted octanol–water partition coefficient (Wildman–Crippen LogP) is 0.534. The van der Waals surface area contributed by atoms with Gasteiger partial charge in [0.25, 0.3) is 5.91 Å². The molecule has 5 nitrogen and oxygen atoms in total. The van der Waals surface area contributed by atoms with Crippen molar-refractivity contribution >= 4 is 11.8 Å². The van der Waals surface area contributed by atoms with E-state index >= 15 is 0 Å². The second kappa shape index (κ2) is 5.19. The molecule has 0 saturated carbocycles. The largest absolute Gasteiger partial charge is 0.459 e. The zero-order valence-electron chi connectivity index (χ0n) is 8.74. The van der Waals surface area contributed by atoms with E-state index < -0.39 is 11.9 Å². The molecule has 2 N–H and O–H groups in total. The Kier molecular flexibility index (Phi) is 3.91. The van der Waals surface area contributed by atoms with Crippen LogP contribution in [0.25, 0.3) is 0 Å². The van der Waals surface area contributed by atoms with Crippen LogP contribution in [-0.4, -0.2) is 24.4 Å². The van der Waals surface area contributed by atoms with Gasteiger partial charge in [-0.25, -0.2) is 0 Å². The summed E-state index contributed by atoms with van der Waals surface area (Å²) in [6.45, 7) is 3.98. The smallest absolute Gasteiger partial charge is 0.287 e. The number of rotatable bonds is 4. The minimum absolute atomic E-state index is 0.200. The summed E-state index contributed by atoms with van der Waals surface area (Å²) in [5.74, 6) is -0.401. The normalized spacial score (nSPS) is 11.9. The molecule has 2 amide bonds. The molecular formula is C10H14N2O3. The quantitative estimate of drug-likeness (QED) is 0.761. The van der Waals surface area contributed by atoms with Crippen molar-refractivity contribution < 1.29 is 14.0 Å². The molecule has 0 aromatic carbocycles. The number of hydrogen-bond acceptors (Lipinski definition) is 3. The van der Waals surface area contributed by atoms with Crippen LogP contribution in [0.1, 0.15) is 24.4 Å². The van der Waals surface area contributed by atoms with Crippen molar-refractivity contribution in [3.63, 3.8) is 0 Å². The minimum Gasteiger partial charge on any atom is -0.459 e. The molecule has 0 radical (unpaired) electrons. The van der Waals surface area contributed by atoms with Crippen molar-refractivity contribution in [2.45, 2.75) is 19.9 Å². The summed E-state index contributed by atoms with van der Waals surface area (Å²) in [4.78, 5) is 22.7. The lowest BCUT2D eigenvalue weighted by molar-refractivity contribution is -0.122. The molecule has 1 aromatic heterocycles. The van der Waals surface area contributed by atoms with Gasteiger partial charge in [-0.05, 0) is 26.0 Å². The standard InChI is InChI=1S/C10H14N2O3/c1-3-11-9(13)7(2)12-10(14)8-5-4-6-15-8/h4-7H,3H2,1-2H3,(H,11,13)(H,12,14)/t7-/m1/s1. The Morgan fingerprint density at radius 3 is 2.80 bits per heavy atom. The van der Waals surface area contributed by atoms with Gasteiger partial charge in [-0.1, -0.05) is 0 Å². The SMILES string of the molecule is CCNC(=O)[C@@H](C)NC(=O)c1ccco1. The first-order valence-electron chi connectivity index (χ1n) is 4.77. The lowest BCUT2D eigenvalue weighted by Crippen LogP contribution is -2.44. The average Bonchev–Trinajstić information content (AvgIpc) is 2.70. The molecule has 0 aliphatic heterocycles. The number of hydrogen-bond donors (Lipinski definition) is 2. The molecule has 0 spiro atoms. The molecule has 82 valence electrons. The summed E-state index contributed by atoms with van der Waals surface area (Å²) in [5, 5.41) is 5.13. The number of likely N-dealkylation sites (N-methyl/N-ethyl adjacent to an activating group) is 1. The Morgan fingerprint density at radius 2 is 2.27 bits per heavy atom. The zero-order chi connectivity index (χ0) is 11.3. The number of furan rings is 1. The topological polar surface area (TPSA) is 71.3 Å². The zero-order valence-corrected chi connectivity index (χ0v) is 8.74. The summed E-state index contributed by atoms with van der Waals surface area (Å²) < 4.78 is 4.89. The molecule has 5 heteroatoms. The molecule has 1 heterocycles. The Bertz CT molecular complexity index is 332. The molecule has 0 bridgehead atoms. The first-order valence-corrected chi connectivity index (χ1v) is 4.77. The van der Waals surface area contributed by atoms with E-state index in [1.165, 1.54) is 6.26 Å². The first-order chi connectivity index (χ1) is 7.15. The highest BCUT2D eigenvalue weighted by Gasteiger charge is 2.16. The van der Waals surface area contributed by atoms with Crippen molar-refractivity contribution in [2.75, 3.05) is 6.54 Å². The van der Waals surface area contributed by atoms with Crippen LogP contribution in [0, 0.1) is 0 Å². The summed E-state index contributed by atoms with van der Waals surface area (Å²) in [7, 11) is 0. The summed E-state index contributed by atoms with van der Waals surface area (Å²) in [6, 6.07) is 2.59. The van der Waals surface area contributed by atoms with Crippen LogP contribution in [0.15, 0.2) is 22.8 Å². The monoisotopic (exact) mass is 210 g/mol. The Balaban J connectivity index is 2.48. The second-order valence-electron chi connectivity index (χ2n) is 3.07. The highest BCUT2D eigenvalue weighted by atomic mass is 16.3. The molecule has 1 atom stereocenters. The van der Waals surface area contributed by atoms with Gasteiger partial charge in [-0.2, -0.15) is 0 Å². The van der Waals surface area contributed by atoms with Gasteiger partial charge in [-0.3, -0.25) is 9.59 Å². The average molecular weight is 210 g/mol. The molecule has 0 fully saturated rings. The van der Waals surface area contributed by atoms with Gasteiger partial charge in [0.2, 0.25) is 5.91 Å². The fraction of sp³-hybridized carbons (Fsp3) is 0.400. The Labute approximate surface area is 87.8 Å². The van der Waals surface area contributed by atoms with Crippen LogP contribution in [-0.2, 0) is 4.79 Å². The van der Waals surface area contributed by atoms with E-state index in [1.807, 2.05) is 6.92 Å². The van der Waals surface area contributed by atoms with E-state index in [4.69, 9.17) is 4.42 Å². The van der Waals surface area contributed by atoms with E-state index in [0.29, 0.717) is 6.54 Å². The van der Waals surface area contributed by atoms with Crippen molar-refractivity contribution in [1.82, 2.24) is 10.6 Å². The number of carbonyl (C=O) groups is 2. The van der Waals surface area contributed by atoms with Crippen LogP contribution in [0.2, 0.25) is 0 Å². The van der Waals surface area contributed by atoms with Gasteiger partial charge < -0.3 is 15.1 Å². The highest BCUT2D eigenvalue weighted by Crippen LogP contribution is 1.99. The lowest BCUT2D eigenvalue weighted by Gasteiger charge is -2.11. The van der Waals surface area contributed by atoms with Gasteiger partial charge in [0.15, 0.2) is 5.76 Å². The number of amides is 2. The third-order valence-corrected chi connectivity index (χ3v) is 1.84. The number of carbonyl (C=O) groups excluding carboxylic acids is 2. The molecular weight excluding hydrogens is 196 g/mol.